The number of fused-ring (bicyclic) bond motifs is 1. The highest BCUT2D eigenvalue weighted by molar-refractivity contribution is 7.17. The number of pyridine rings is 1. The average molecular weight is 303 g/mol. The number of hydrogen-bond acceptors (Lipinski definition) is 5. The average Bonchev–Trinajstić information content (AvgIpc) is 3.14. The van der Waals surface area contributed by atoms with E-state index in [-0.39, 0.29) is 6.04 Å². The van der Waals surface area contributed by atoms with Crippen molar-refractivity contribution in [2.75, 3.05) is 0 Å². The molecule has 0 spiro atoms. The van der Waals surface area contributed by atoms with Gasteiger partial charge in [-0.05, 0) is 36.4 Å². The zero-order valence-electron chi connectivity index (χ0n) is 11.5. The Morgan fingerprint density at radius 1 is 1.25 bits per heavy atom. The molecule has 0 aliphatic heterocycles. The monoisotopic (exact) mass is 303 g/mol. The summed E-state index contributed by atoms with van der Waals surface area (Å²) in [5, 5.41) is 8.93. The summed E-state index contributed by atoms with van der Waals surface area (Å²) in [7, 11) is 0. The van der Waals surface area contributed by atoms with E-state index < -0.39 is 0 Å². The Hall–Kier alpha value is -1.30. The highest BCUT2D eigenvalue weighted by Gasteiger charge is 2.16. The van der Waals surface area contributed by atoms with Crippen LogP contribution in [0.25, 0.3) is 10.2 Å². The molecule has 3 nitrogen and oxygen atoms in total. The molecule has 20 heavy (non-hydrogen) atoms. The third kappa shape index (κ3) is 2.75. The lowest BCUT2D eigenvalue weighted by Crippen LogP contribution is -2.24. The quantitative estimate of drug-likeness (QED) is 0.751. The summed E-state index contributed by atoms with van der Waals surface area (Å²) in [5.41, 5.74) is 2.31. The number of nitrogens with zero attached hydrogens (tertiary/aromatic N) is 2. The van der Waals surface area contributed by atoms with Gasteiger partial charge in [-0.2, -0.15) is 0 Å². The van der Waals surface area contributed by atoms with Crippen LogP contribution >= 0.6 is 22.7 Å². The molecule has 0 fully saturated rings. The van der Waals surface area contributed by atoms with Gasteiger partial charge < -0.3 is 5.32 Å². The van der Waals surface area contributed by atoms with E-state index >= 15 is 0 Å². The number of nitrogens with one attached hydrogen (secondary N) is 1. The second-order valence-corrected chi connectivity index (χ2v) is 6.67. The van der Waals surface area contributed by atoms with Gasteiger partial charge in [-0.1, -0.05) is 6.92 Å². The Balaban J connectivity index is 1.79. The Morgan fingerprint density at radius 2 is 2.15 bits per heavy atom. The minimum Gasteiger partial charge on any atom is -0.301 e. The zero-order valence-corrected chi connectivity index (χ0v) is 13.2. The molecule has 0 bridgehead atoms. The van der Waals surface area contributed by atoms with Gasteiger partial charge in [0.25, 0.3) is 0 Å². The molecule has 0 aromatic carbocycles. The van der Waals surface area contributed by atoms with Gasteiger partial charge in [-0.25, -0.2) is 4.98 Å². The third-order valence-corrected chi connectivity index (χ3v) is 5.18. The molecule has 2 atom stereocenters. The summed E-state index contributed by atoms with van der Waals surface area (Å²) in [6, 6.07) is 4.87. The molecule has 2 unspecified atom stereocenters. The van der Waals surface area contributed by atoms with Crippen LogP contribution in [0.15, 0.2) is 35.3 Å². The maximum atomic E-state index is 4.52. The maximum Gasteiger partial charge on any atom is 0.109 e. The first-order valence-corrected chi connectivity index (χ1v) is 8.52. The van der Waals surface area contributed by atoms with Crippen LogP contribution in [0.3, 0.4) is 0 Å². The van der Waals surface area contributed by atoms with Gasteiger partial charge in [0, 0.05) is 23.8 Å². The molecule has 0 amide bonds. The van der Waals surface area contributed by atoms with E-state index in [1.165, 1.54) is 10.3 Å². The van der Waals surface area contributed by atoms with E-state index in [1.54, 1.807) is 22.7 Å². The standard InChI is InChI=1S/C15H17N3S2/c1-3-12(15-16-5-7-20-15)18-10(2)11-8-14-13(17-9-11)4-6-19-14/h4-10,12,18H,3H2,1-2H3. The van der Waals surface area contributed by atoms with Crippen molar-refractivity contribution in [3.8, 4) is 0 Å². The van der Waals surface area contributed by atoms with Crippen LogP contribution in [0.1, 0.15) is 42.9 Å². The highest BCUT2D eigenvalue weighted by atomic mass is 32.1. The van der Waals surface area contributed by atoms with E-state index in [4.69, 9.17) is 0 Å². The predicted molar refractivity (Wildman–Crippen MR) is 86.3 cm³/mol. The van der Waals surface area contributed by atoms with Gasteiger partial charge in [0.05, 0.1) is 16.3 Å². The summed E-state index contributed by atoms with van der Waals surface area (Å²) in [5.74, 6) is 0. The minimum atomic E-state index is 0.267. The maximum absolute atomic E-state index is 4.52. The van der Waals surface area contributed by atoms with Gasteiger partial charge in [-0.3, -0.25) is 4.98 Å². The fourth-order valence-electron chi connectivity index (χ4n) is 2.27. The molecule has 1 N–H and O–H groups in total. The van der Waals surface area contributed by atoms with Crippen LogP contribution in [0, 0.1) is 0 Å². The smallest absolute Gasteiger partial charge is 0.109 e. The van der Waals surface area contributed by atoms with Gasteiger partial charge in [0.15, 0.2) is 0 Å². The number of thiazole rings is 1. The Labute approximate surface area is 126 Å². The van der Waals surface area contributed by atoms with E-state index in [1.807, 2.05) is 17.8 Å². The SMILES string of the molecule is CCC(NC(C)c1cnc2ccsc2c1)c1nccs1. The Bertz CT molecular complexity index is 675. The predicted octanol–water partition coefficient (Wildman–Crippen LogP) is 4.55. The van der Waals surface area contributed by atoms with Gasteiger partial charge >= 0.3 is 0 Å². The lowest BCUT2D eigenvalue weighted by atomic mass is 10.1. The van der Waals surface area contributed by atoms with Crippen molar-refractivity contribution < 1.29 is 0 Å². The molecular weight excluding hydrogens is 286 g/mol. The van der Waals surface area contributed by atoms with Crippen LogP contribution in [0.4, 0.5) is 0 Å². The fourth-order valence-corrected chi connectivity index (χ4v) is 3.84. The van der Waals surface area contributed by atoms with Crippen LogP contribution in [-0.4, -0.2) is 9.97 Å². The van der Waals surface area contributed by atoms with Crippen LogP contribution in [0.2, 0.25) is 0 Å². The Kier molecular flexibility index (Phi) is 4.10. The number of thiophene rings is 1. The van der Waals surface area contributed by atoms with Gasteiger partial charge in [0.1, 0.15) is 5.01 Å². The number of hydrogen-bond donors (Lipinski definition) is 1. The number of aromatic nitrogens is 2. The van der Waals surface area contributed by atoms with Crippen molar-refractivity contribution in [2.24, 2.45) is 0 Å². The van der Waals surface area contributed by atoms with Crippen molar-refractivity contribution in [3.05, 3.63) is 45.9 Å². The molecule has 5 heteroatoms. The molecule has 0 radical (unpaired) electrons. The lowest BCUT2D eigenvalue weighted by molar-refractivity contribution is 0.454. The van der Waals surface area contributed by atoms with Crippen molar-refractivity contribution >= 4 is 32.9 Å². The first kappa shape index (κ1) is 13.7. The largest absolute Gasteiger partial charge is 0.301 e. The van der Waals surface area contributed by atoms with Crippen molar-refractivity contribution in [3.63, 3.8) is 0 Å². The van der Waals surface area contributed by atoms with Crippen molar-refractivity contribution in [1.82, 2.24) is 15.3 Å². The van der Waals surface area contributed by atoms with E-state index in [9.17, 15) is 0 Å². The summed E-state index contributed by atoms with van der Waals surface area (Å²) in [6.07, 6.45) is 4.88. The molecule has 0 saturated carbocycles. The summed E-state index contributed by atoms with van der Waals surface area (Å²) in [6.45, 7) is 4.37. The molecule has 0 aliphatic rings. The van der Waals surface area contributed by atoms with Gasteiger partial charge in [0.2, 0.25) is 0 Å². The molecule has 3 aromatic heterocycles. The lowest BCUT2D eigenvalue weighted by Gasteiger charge is -2.20. The third-order valence-electron chi connectivity index (χ3n) is 3.43. The summed E-state index contributed by atoms with van der Waals surface area (Å²) >= 11 is 3.45. The summed E-state index contributed by atoms with van der Waals surface area (Å²) < 4.78 is 1.25. The van der Waals surface area contributed by atoms with Crippen LogP contribution in [0.5, 0.6) is 0 Å². The minimum absolute atomic E-state index is 0.267. The molecule has 104 valence electrons. The normalized spacial score (nSPS) is 14.5. The second kappa shape index (κ2) is 5.99. The first-order chi connectivity index (χ1) is 9.78. The van der Waals surface area contributed by atoms with Gasteiger partial charge in [-0.15, -0.1) is 22.7 Å². The van der Waals surface area contributed by atoms with E-state index in [2.05, 4.69) is 46.6 Å². The zero-order chi connectivity index (χ0) is 13.9. The number of rotatable bonds is 5. The molecule has 0 aliphatic carbocycles. The van der Waals surface area contributed by atoms with E-state index in [0.29, 0.717) is 6.04 Å². The topological polar surface area (TPSA) is 37.8 Å². The second-order valence-electron chi connectivity index (χ2n) is 4.79. The van der Waals surface area contributed by atoms with Crippen LogP contribution in [-0.2, 0) is 0 Å². The highest BCUT2D eigenvalue weighted by Crippen LogP contribution is 2.26. The van der Waals surface area contributed by atoms with Crippen molar-refractivity contribution in [2.45, 2.75) is 32.4 Å². The molecule has 3 heterocycles. The first-order valence-electron chi connectivity index (χ1n) is 6.76. The summed E-state index contributed by atoms with van der Waals surface area (Å²) in [4.78, 5) is 8.93. The van der Waals surface area contributed by atoms with E-state index in [0.717, 1.165) is 16.9 Å². The molecule has 3 rings (SSSR count). The Morgan fingerprint density at radius 3 is 2.90 bits per heavy atom. The van der Waals surface area contributed by atoms with Crippen molar-refractivity contribution in [1.29, 1.82) is 0 Å². The molecule has 3 aromatic rings. The van der Waals surface area contributed by atoms with Crippen LogP contribution < -0.4 is 5.32 Å². The molecule has 0 saturated heterocycles. The molecular formula is C15H17N3S2. The fraction of sp³-hybridized carbons (Fsp3) is 0.333.